The molecule has 0 bridgehead atoms. The standard InChI is InChI=1S/C20H16Cl2N2O3S/c1-9(2)8-24-19(26)11(7-23)10(3)14(20(24)27)17(25)18-16(22)15-12(21)5-4-6-13(15)28-18/h4-6,9,27H,8H2,1-3H3. The largest absolute Gasteiger partial charge is 0.494 e. The number of rotatable bonds is 4. The first-order chi connectivity index (χ1) is 13.2. The molecule has 0 amide bonds. The van der Waals surface area contributed by atoms with Crippen molar-refractivity contribution in [3.8, 4) is 11.9 Å². The fourth-order valence-electron chi connectivity index (χ4n) is 3.09. The van der Waals surface area contributed by atoms with Crippen molar-refractivity contribution in [2.24, 2.45) is 5.92 Å². The smallest absolute Gasteiger partial charge is 0.271 e. The summed E-state index contributed by atoms with van der Waals surface area (Å²) in [5.41, 5.74) is -0.749. The summed E-state index contributed by atoms with van der Waals surface area (Å²) in [5, 5.41) is 21.3. The van der Waals surface area contributed by atoms with E-state index in [1.165, 1.54) is 6.92 Å². The van der Waals surface area contributed by atoms with Crippen LogP contribution in [0.1, 0.15) is 40.2 Å². The van der Waals surface area contributed by atoms with E-state index in [0.29, 0.717) is 10.4 Å². The van der Waals surface area contributed by atoms with Gasteiger partial charge in [0.05, 0.1) is 20.5 Å². The number of carbonyl (C=O) groups excluding carboxylic acids is 1. The number of hydrogen-bond acceptors (Lipinski definition) is 5. The maximum Gasteiger partial charge on any atom is 0.271 e. The van der Waals surface area contributed by atoms with Crippen molar-refractivity contribution in [2.45, 2.75) is 27.3 Å². The van der Waals surface area contributed by atoms with Crippen LogP contribution < -0.4 is 5.56 Å². The summed E-state index contributed by atoms with van der Waals surface area (Å²) in [6.45, 7) is 5.38. The highest BCUT2D eigenvalue weighted by molar-refractivity contribution is 7.22. The van der Waals surface area contributed by atoms with Gasteiger partial charge in [-0.2, -0.15) is 5.26 Å². The summed E-state index contributed by atoms with van der Waals surface area (Å²) in [5.74, 6) is -0.987. The van der Waals surface area contributed by atoms with Crippen LogP contribution in [0, 0.1) is 24.2 Å². The van der Waals surface area contributed by atoms with E-state index in [1.54, 1.807) is 18.2 Å². The fourth-order valence-corrected chi connectivity index (χ4v) is 4.99. The Labute approximate surface area is 175 Å². The minimum Gasteiger partial charge on any atom is -0.494 e. The topological polar surface area (TPSA) is 83.1 Å². The third-order valence-corrected chi connectivity index (χ3v) is 6.35. The highest BCUT2D eigenvalue weighted by Crippen LogP contribution is 2.41. The predicted octanol–water partition coefficient (Wildman–Crippen LogP) is 5.14. The predicted molar refractivity (Wildman–Crippen MR) is 112 cm³/mol. The van der Waals surface area contributed by atoms with Crippen molar-refractivity contribution in [1.82, 2.24) is 4.57 Å². The third kappa shape index (κ3) is 3.20. The van der Waals surface area contributed by atoms with E-state index in [9.17, 15) is 20.0 Å². The van der Waals surface area contributed by atoms with Gasteiger partial charge in [-0.05, 0) is 30.5 Å². The van der Waals surface area contributed by atoms with Crippen LogP contribution in [-0.2, 0) is 6.54 Å². The Bertz CT molecular complexity index is 1220. The zero-order valence-corrected chi connectivity index (χ0v) is 17.7. The summed E-state index contributed by atoms with van der Waals surface area (Å²) < 4.78 is 1.80. The van der Waals surface area contributed by atoms with Crippen molar-refractivity contribution >= 4 is 50.4 Å². The molecule has 2 heterocycles. The Balaban J connectivity index is 2.31. The molecule has 0 saturated carbocycles. The number of carbonyl (C=O) groups is 1. The van der Waals surface area contributed by atoms with E-state index in [4.69, 9.17) is 23.2 Å². The Kier molecular flexibility index (Phi) is 5.53. The lowest BCUT2D eigenvalue weighted by Gasteiger charge is -2.16. The zero-order chi connectivity index (χ0) is 20.7. The summed E-state index contributed by atoms with van der Waals surface area (Å²) in [6, 6.07) is 7.08. The van der Waals surface area contributed by atoms with Crippen LogP contribution in [0.25, 0.3) is 10.1 Å². The molecule has 1 aromatic carbocycles. The van der Waals surface area contributed by atoms with Gasteiger partial charge in [0, 0.05) is 16.6 Å². The molecule has 1 N–H and O–H groups in total. The van der Waals surface area contributed by atoms with Gasteiger partial charge in [-0.3, -0.25) is 14.2 Å². The average molecular weight is 435 g/mol. The monoisotopic (exact) mass is 434 g/mol. The molecular formula is C20H16Cl2N2O3S. The number of halogens is 2. The number of ketones is 1. The lowest BCUT2D eigenvalue weighted by Crippen LogP contribution is -2.28. The second-order valence-corrected chi connectivity index (χ2v) is 8.64. The van der Waals surface area contributed by atoms with E-state index in [-0.39, 0.29) is 39.1 Å². The third-order valence-electron chi connectivity index (χ3n) is 4.39. The SMILES string of the molecule is Cc1c(C(=O)c2sc3cccc(Cl)c3c2Cl)c(O)n(CC(C)C)c(=O)c1C#N. The first kappa shape index (κ1) is 20.4. The molecule has 0 atom stereocenters. The average Bonchev–Trinajstić information content (AvgIpc) is 2.97. The van der Waals surface area contributed by atoms with Gasteiger partial charge in [-0.25, -0.2) is 0 Å². The van der Waals surface area contributed by atoms with Gasteiger partial charge in [-0.1, -0.05) is 43.1 Å². The maximum atomic E-state index is 13.3. The van der Waals surface area contributed by atoms with Gasteiger partial charge in [-0.15, -0.1) is 11.3 Å². The lowest BCUT2D eigenvalue weighted by molar-refractivity contribution is 0.103. The Morgan fingerprint density at radius 2 is 2.04 bits per heavy atom. The maximum absolute atomic E-state index is 13.3. The quantitative estimate of drug-likeness (QED) is 0.575. The van der Waals surface area contributed by atoms with Crippen molar-refractivity contribution < 1.29 is 9.90 Å². The molecule has 3 rings (SSSR count). The summed E-state index contributed by atoms with van der Waals surface area (Å²) in [6.07, 6.45) is 0. The molecule has 0 aliphatic rings. The molecular weight excluding hydrogens is 419 g/mol. The number of fused-ring (bicyclic) bond motifs is 1. The molecule has 8 heteroatoms. The molecule has 0 radical (unpaired) electrons. The molecule has 28 heavy (non-hydrogen) atoms. The highest BCUT2D eigenvalue weighted by atomic mass is 35.5. The first-order valence-electron chi connectivity index (χ1n) is 8.46. The molecule has 0 spiro atoms. The van der Waals surface area contributed by atoms with Crippen LogP contribution >= 0.6 is 34.5 Å². The summed E-state index contributed by atoms with van der Waals surface area (Å²) >= 11 is 13.8. The molecule has 5 nitrogen and oxygen atoms in total. The zero-order valence-electron chi connectivity index (χ0n) is 15.3. The molecule has 3 aromatic rings. The van der Waals surface area contributed by atoms with Crippen LogP contribution in [0.4, 0.5) is 0 Å². The van der Waals surface area contributed by atoms with Crippen LogP contribution in [0.3, 0.4) is 0 Å². The normalized spacial score (nSPS) is 11.2. The molecule has 0 aliphatic heterocycles. The first-order valence-corrected chi connectivity index (χ1v) is 10.0. The van der Waals surface area contributed by atoms with Crippen molar-refractivity contribution in [3.63, 3.8) is 0 Å². The number of benzene rings is 1. The van der Waals surface area contributed by atoms with Gasteiger partial charge in [0.15, 0.2) is 0 Å². The van der Waals surface area contributed by atoms with Crippen LogP contribution in [0.15, 0.2) is 23.0 Å². The second-order valence-electron chi connectivity index (χ2n) is 6.81. The second kappa shape index (κ2) is 7.59. The van der Waals surface area contributed by atoms with Crippen molar-refractivity contribution in [1.29, 1.82) is 5.26 Å². The number of nitriles is 1. The van der Waals surface area contributed by atoms with E-state index in [2.05, 4.69) is 0 Å². The van der Waals surface area contributed by atoms with Gasteiger partial charge in [0.2, 0.25) is 11.7 Å². The summed E-state index contributed by atoms with van der Waals surface area (Å²) in [7, 11) is 0. The van der Waals surface area contributed by atoms with Crippen molar-refractivity contribution in [2.75, 3.05) is 0 Å². The highest BCUT2D eigenvalue weighted by Gasteiger charge is 2.28. The molecule has 0 aliphatic carbocycles. The number of thiophene rings is 1. The van der Waals surface area contributed by atoms with Crippen LogP contribution in [-0.4, -0.2) is 15.5 Å². The van der Waals surface area contributed by atoms with E-state index in [1.807, 2.05) is 19.9 Å². The number of pyridine rings is 1. The Morgan fingerprint density at radius 1 is 1.36 bits per heavy atom. The molecule has 2 aromatic heterocycles. The fraction of sp³-hybridized carbons (Fsp3) is 0.250. The van der Waals surface area contributed by atoms with E-state index >= 15 is 0 Å². The van der Waals surface area contributed by atoms with E-state index < -0.39 is 17.2 Å². The van der Waals surface area contributed by atoms with Gasteiger partial charge in [0.1, 0.15) is 11.6 Å². The van der Waals surface area contributed by atoms with E-state index in [0.717, 1.165) is 20.6 Å². The minimum atomic E-state index is -0.617. The van der Waals surface area contributed by atoms with Crippen molar-refractivity contribution in [3.05, 3.63) is 60.2 Å². The van der Waals surface area contributed by atoms with Gasteiger partial charge < -0.3 is 5.11 Å². The molecule has 0 saturated heterocycles. The van der Waals surface area contributed by atoms with Gasteiger partial charge in [0.25, 0.3) is 5.56 Å². The van der Waals surface area contributed by atoms with Gasteiger partial charge >= 0.3 is 0 Å². The summed E-state index contributed by atoms with van der Waals surface area (Å²) in [4.78, 5) is 26.1. The van der Waals surface area contributed by atoms with Crippen LogP contribution in [0.5, 0.6) is 5.88 Å². The molecule has 0 fully saturated rings. The Hall–Kier alpha value is -2.33. The number of aromatic hydroxyl groups is 1. The lowest BCUT2D eigenvalue weighted by atomic mass is 10.00. The number of aromatic nitrogens is 1. The minimum absolute atomic E-state index is 0.0209. The molecule has 144 valence electrons. The number of nitrogens with zero attached hydrogens (tertiary/aromatic N) is 2. The Morgan fingerprint density at radius 3 is 2.61 bits per heavy atom. The van der Waals surface area contributed by atoms with Crippen LogP contribution in [0.2, 0.25) is 10.0 Å². The number of hydrogen-bond donors (Lipinski definition) is 1. The molecule has 0 unspecified atom stereocenters.